The van der Waals surface area contributed by atoms with Gasteiger partial charge in [0.05, 0.1) is 0 Å². The molecule has 26 heavy (non-hydrogen) atoms. The number of nitrogens with zero attached hydrogens (tertiary/aromatic N) is 3. The highest BCUT2D eigenvalue weighted by molar-refractivity contribution is 5.85. The number of likely N-dealkylation sites (tertiary alicyclic amines) is 1. The van der Waals surface area contributed by atoms with Gasteiger partial charge >= 0.3 is 0 Å². The summed E-state index contributed by atoms with van der Waals surface area (Å²) in [5.41, 5.74) is 0. The molecule has 0 aromatic heterocycles. The first kappa shape index (κ1) is 19.5. The first-order chi connectivity index (χ1) is 12.4. The molecule has 4 unspecified atom stereocenters. The molecular formula is C20H37N5O. The maximum atomic E-state index is 12.0. The fourth-order valence-electron chi connectivity index (χ4n) is 4.40. The van der Waals surface area contributed by atoms with Crippen molar-refractivity contribution in [3.63, 3.8) is 0 Å². The summed E-state index contributed by atoms with van der Waals surface area (Å²) in [5, 5.41) is 7.30. The lowest BCUT2D eigenvalue weighted by Crippen LogP contribution is -2.51. The van der Waals surface area contributed by atoms with E-state index in [4.69, 9.17) is 0 Å². The summed E-state index contributed by atoms with van der Waals surface area (Å²) >= 11 is 0. The first-order valence-electron chi connectivity index (χ1n) is 10.5. The molecule has 1 heterocycles. The van der Waals surface area contributed by atoms with Crippen LogP contribution in [0.15, 0.2) is 4.99 Å². The average Bonchev–Trinajstić information content (AvgIpc) is 3.37. The largest absolute Gasteiger partial charge is 0.353 e. The third kappa shape index (κ3) is 5.12. The van der Waals surface area contributed by atoms with E-state index in [9.17, 15) is 4.79 Å². The minimum absolute atomic E-state index is 0.0437. The highest BCUT2D eigenvalue weighted by atomic mass is 16.2. The SMILES string of the molecule is CC1CCCCC1NC(=NCC(=O)N(C)C)NC1CC(C)N(C2CC2)C1. The highest BCUT2D eigenvalue weighted by Crippen LogP contribution is 2.33. The van der Waals surface area contributed by atoms with Crippen LogP contribution < -0.4 is 10.6 Å². The van der Waals surface area contributed by atoms with Crippen molar-refractivity contribution in [1.82, 2.24) is 20.4 Å². The van der Waals surface area contributed by atoms with E-state index in [2.05, 4.69) is 34.4 Å². The average molecular weight is 364 g/mol. The van der Waals surface area contributed by atoms with Crippen LogP contribution in [0.3, 0.4) is 0 Å². The van der Waals surface area contributed by atoms with E-state index in [-0.39, 0.29) is 12.5 Å². The number of carbonyl (C=O) groups is 1. The summed E-state index contributed by atoms with van der Waals surface area (Å²) in [6, 6.07) is 2.32. The van der Waals surface area contributed by atoms with Gasteiger partial charge in [-0.1, -0.05) is 19.8 Å². The topological polar surface area (TPSA) is 60.0 Å². The number of rotatable bonds is 5. The van der Waals surface area contributed by atoms with Crippen LogP contribution in [0.1, 0.15) is 58.8 Å². The number of hydrogen-bond acceptors (Lipinski definition) is 3. The second-order valence-corrected chi connectivity index (χ2v) is 8.82. The number of nitrogens with one attached hydrogen (secondary N) is 2. The molecule has 1 saturated heterocycles. The van der Waals surface area contributed by atoms with E-state index in [1.165, 1.54) is 38.5 Å². The van der Waals surface area contributed by atoms with E-state index >= 15 is 0 Å². The zero-order chi connectivity index (χ0) is 18.7. The molecule has 6 nitrogen and oxygen atoms in total. The Morgan fingerprint density at radius 3 is 2.50 bits per heavy atom. The summed E-state index contributed by atoms with van der Waals surface area (Å²) in [5.74, 6) is 1.53. The van der Waals surface area contributed by atoms with Crippen LogP contribution in [0.4, 0.5) is 0 Å². The molecule has 2 aliphatic carbocycles. The molecule has 2 saturated carbocycles. The molecule has 1 aliphatic heterocycles. The molecule has 4 atom stereocenters. The van der Waals surface area contributed by atoms with Gasteiger partial charge in [-0.2, -0.15) is 0 Å². The lowest BCUT2D eigenvalue weighted by molar-refractivity contribution is -0.127. The summed E-state index contributed by atoms with van der Waals surface area (Å²) in [6.45, 7) is 5.96. The number of hydrogen-bond donors (Lipinski definition) is 2. The molecular weight excluding hydrogens is 326 g/mol. The lowest BCUT2D eigenvalue weighted by Gasteiger charge is -2.31. The quantitative estimate of drug-likeness (QED) is 0.578. The Labute approximate surface area is 158 Å². The Bertz CT molecular complexity index is 516. The Balaban J connectivity index is 1.62. The van der Waals surface area contributed by atoms with E-state index in [1.807, 2.05) is 0 Å². The van der Waals surface area contributed by atoms with E-state index in [0.717, 1.165) is 25.0 Å². The van der Waals surface area contributed by atoms with Crippen LogP contribution in [0.5, 0.6) is 0 Å². The van der Waals surface area contributed by atoms with Crippen LogP contribution >= 0.6 is 0 Å². The van der Waals surface area contributed by atoms with Gasteiger partial charge in [0, 0.05) is 44.8 Å². The van der Waals surface area contributed by atoms with Crippen LogP contribution in [0.25, 0.3) is 0 Å². The maximum absolute atomic E-state index is 12.0. The van der Waals surface area contributed by atoms with Crippen molar-refractivity contribution in [3.8, 4) is 0 Å². The molecule has 3 aliphatic rings. The monoisotopic (exact) mass is 363 g/mol. The Kier molecular flexibility index (Phi) is 6.43. The number of aliphatic imine (C=N–C) groups is 1. The zero-order valence-corrected chi connectivity index (χ0v) is 17.0. The Hall–Kier alpha value is -1.30. The van der Waals surface area contributed by atoms with Crippen LogP contribution in [-0.4, -0.2) is 73.0 Å². The van der Waals surface area contributed by atoms with Gasteiger partial charge in [0.2, 0.25) is 5.91 Å². The summed E-state index contributed by atoms with van der Waals surface area (Å²) in [4.78, 5) is 20.9. The molecule has 0 bridgehead atoms. The third-order valence-electron chi connectivity index (χ3n) is 6.28. The molecule has 1 amide bonds. The number of carbonyl (C=O) groups excluding carboxylic acids is 1. The smallest absolute Gasteiger partial charge is 0.243 e. The van der Waals surface area contributed by atoms with Crippen molar-refractivity contribution in [3.05, 3.63) is 0 Å². The van der Waals surface area contributed by atoms with Crippen molar-refractivity contribution >= 4 is 11.9 Å². The van der Waals surface area contributed by atoms with E-state index in [1.54, 1.807) is 19.0 Å². The minimum atomic E-state index is 0.0437. The van der Waals surface area contributed by atoms with E-state index in [0.29, 0.717) is 24.0 Å². The molecule has 0 aromatic carbocycles. The Morgan fingerprint density at radius 1 is 1.12 bits per heavy atom. The summed E-state index contributed by atoms with van der Waals surface area (Å²) in [7, 11) is 3.57. The van der Waals surface area contributed by atoms with Crippen LogP contribution in [0.2, 0.25) is 0 Å². The maximum Gasteiger partial charge on any atom is 0.243 e. The third-order valence-corrected chi connectivity index (χ3v) is 6.28. The fourth-order valence-corrected chi connectivity index (χ4v) is 4.40. The molecule has 0 aromatic rings. The van der Waals surface area contributed by atoms with Gasteiger partial charge in [-0.05, 0) is 44.9 Å². The first-order valence-corrected chi connectivity index (χ1v) is 10.5. The summed E-state index contributed by atoms with van der Waals surface area (Å²) in [6.07, 6.45) is 8.94. The normalized spacial score (nSPS) is 33.2. The number of amides is 1. The molecule has 0 spiro atoms. The number of likely N-dealkylation sites (N-methyl/N-ethyl adjacent to an activating group) is 1. The molecule has 6 heteroatoms. The number of guanidine groups is 1. The molecule has 2 N–H and O–H groups in total. The molecule has 3 rings (SSSR count). The van der Waals surface area contributed by atoms with Crippen molar-refractivity contribution in [1.29, 1.82) is 0 Å². The van der Waals surface area contributed by atoms with Gasteiger partial charge in [0.1, 0.15) is 6.54 Å². The van der Waals surface area contributed by atoms with Gasteiger partial charge in [-0.15, -0.1) is 0 Å². The van der Waals surface area contributed by atoms with Crippen molar-refractivity contribution in [2.45, 2.75) is 83.0 Å². The summed E-state index contributed by atoms with van der Waals surface area (Å²) < 4.78 is 0. The van der Waals surface area contributed by atoms with Gasteiger partial charge in [0.25, 0.3) is 0 Å². The van der Waals surface area contributed by atoms with Crippen LogP contribution in [-0.2, 0) is 4.79 Å². The van der Waals surface area contributed by atoms with Crippen molar-refractivity contribution < 1.29 is 4.79 Å². The van der Waals surface area contributed by atoms with Crippen molar-refractivity contribution in [2.75, 3.05) is 27.2 Å². The molecule has 3 fully saturated rings. The predicted molar refractivity (Wildman–Crippen MR) is 106 cm³/mol. The predicted octanol–water partition coefficient (Wildman–Crippen LogP) is 1.81. The Morgan fingerprint density at radius 2 is 1.85 bits per heavy atom. The van der Waals surface area contributed by atoms with Gasteiger partial charge < -0.3 is 15.5 Å². The van der Waals surface area contributed by atoms with Gasteiger partial charge in [0.15, 0.2) is 5.96 Å². The zero-order valence-electron chi connectivity index (χ0n) is 17.0. The van der Waals surface area contributed by atoms with Crippen molar-refractivity contribution in [2.24, 2.45) is 10.9 Å². The minimum Gasteiger partial charge on any atom is -0.353 e. The van der Waals surface area contributed by atoms with E-state index < -0.39 is 0 Å². The second kappa shape index (κ2) is 8.59. The van der Waals surface area contributed by atoms with Gasteiger partial charge in [-0.25, -0.2) is 4.99 Å². The highest BCUT2D eigenvalue weighted by Gasteiger charge is 2.39. The fraction of sp³-hybridized carbons (Fsp3) is 0.900. The molecule has 0 radical (unpaired) electrons. The lowest BCUT2D eigenvalue weighted by atomic mass is 9.86. The second-order valence-electron chi connectivity index (χ2n) is 8.82. The molecule has 148 valence electrons. The standard InChI is InChI=1S/C20H37N5O/c1-14-7-5-6-8-18(14)23-20(21-12-19(26)24(3)4)22-16-11-15(2)25(13-16)17-9-10-17/h14-18H,5-13H2,1-4H3,(H2,21,22,23). The van der Waals surface area contributed by atoms with Crippen LogP contribution in [0, 0.1) is 5.92 Å². The van der Waals surface area contributed by atoms with Gasteiger partial charge in [-0.3, -0.25) is 9.69 Å².